The lowest BCUT2D eigenvalue weighted by Gasteiger charge is -2.26. The average Bonchev–Trinajstić information content (AvgIpc) is 2.81. The zero-order valence-corrected chi connectivity index (χ0v) is 13.5. The number of likely N-dealkylation sites (tertiary alicyclic amines) is 1. The van der Waals surface area contributed by atoms with Crippen molar-refractivity contribution < 1.29 is 8.42 Å². The van der Waals surface area contributed by atoms with Gasteiger partial charge in [0.15, 0.2) is 0 Å². The molecule has 0 saturated carbocycles. The maximum absolute atomic E-state index is 12.4. The van der Waals surface area contributed by atoms with Crippen LogP contribution in [-0.4, -0.2) is 39.5 Å². The fourth-order valence-electron chi connectivity index (χ4n) is 2.58. The van der Waals surface area contributed by atoms with E-state index >= 15 is 0 Å². The van der Waals surface area contributed by atoms with E-state index in [1.54, 1.807) is 0 Å². The first-order valence-corrected chi connectivity index (χ1v) is 9.40. The summed E-state index contributed by atoms with van der Waals surface area (Å²) in [5, 5.41) is 1.85. The zero-order valence-electron chi connectivity index (χ0n) is 11.9. The molecule has 7 heteroatoms. The summed E-state index contributed by atoms with van der Waals surface area (Å²) in [5.41, 5.74) is 6.39. The lowest BCUT2D eigenvalue weighted by Crippen LogP contribution is -2.37. The normalized spacial score (nSPS) is 17.5. The first-order valence-electron chi connectivity index (χ1n) is 7.03. The third kappa shape index (κ3) is 3.79. The van der Waals surface area contributed by atoms with E-state index < -0.39 is 10.0 Å². The molecular weight excluding hydrogens is 294 g/mol. The van der Waals surface area contributed by atoms with Crippen LogP contribution in [0.25, 0.3) is 0 Å². The minimum Gasteiger partial charge on any atom is -0.326 e. The monoisotopic (exact) mass is 317 g/mol. The van der Waals surface area contributed by atoms with E-state index in [0.717, 1.165) is 30.1 Å². The number of aryl methyl sites for hydroxylation is 1. The first kappa shape index (κ1) is 15.9. The lowest BCUT2D eigenvalue weighted by molar-refractivity contribution is 0.233. The topological polar surface area (TPSA) is 75.4 Å². The summed E-state index contributed by atoms with van der Waals surface area (Å²) in [6, 6.07) is 0. The number of hydrogen-bond donors (Lipinski definition) is 2. The van der Waals surface area contributed by atoms with Gasteiger partial charge in [-0.2, -0.15) is 0 Å². The van der Waals surface area contributed by atoms with Crippen LogP contribution in [0.1, 0.15) is 29.7 Å². The third-order valence-corrected chi connectivity index (χ3v) is 6.56. The predicted octanol–water partition coefficient (Wildman–Crippen LogP) is 1.28. The highest BCUT2D eigenvalue weighted by Crippen LogP contribution is 2.26. The van der Waals surface area contributed by atoms with Crippen molar-refractivity contribution in [3.05, 3.63) is 15.8 Å². The number of nitrogens with two attached hydrogens (primary N) is 1. The van der Waals surface area contributed by atoms with Crippen LogP contribution in [0.4, 0.5) is 0 Å². The highest BCUT2D eigenvalue weighted by Gasteiger charge is 2.22. The van der Waals surface area contributed by atoms with Gasteiger partial charge in [-0.05, 0) is 43.8 Å². The average molecular weight is 317 g/mol. The number of thiophene rings is 1. The minimum absolute atomic E-state index is 0.265. The first-order chi connectivity index (χ1) is 9.54. The lowest BCUT2D eigenvalue weighted by atomic mass is 10.1. The van der Waals surface area contributed by atoms with Crippen LogP contribution in [0.3, 0.4) is 0 Å². The summed E-state index contributed by atoms with van der Waals surface area (Å²) in [6.07, 6.45) is 3.72. The molecule has 2 heterocycles. The largest absolute Gasteiger partial charge is 0.326 e. The van der Waals surface area contributed by atoms with Crippen molar-refractivity contribution in [3.8, 4) is 0 Å². The number of piperidine rings is 1. The minimum atomic E-state index is -3.44. The van der Waals surface area contributed by atoms with Crippen molar-refractivity contribution in [2.75, 3.05) is 26.2 Å². The van der Waals surface area contributed by atoms with Crippen LogP contribution < -0.4 is 10.5 Å². The summed E-state index contributed by atoms with van der Waals surface area (Å²) < 4.78 is 27.4. The molecule has 20 heavy (non-hydrogen) atoms. The Labute approximate surface area is 125 Å². The Morgan fingerprint density at radius 1 is 1.35 bits per heavy atom. The van der Waals surface area contributed by atoms with Crippen LogP contribution in [0.5, 0.6) is 0 Å². The van der Waals surface area contributed by atoms with E-state index in [-0.39, 0.29) is 6.54 Å². The van der Waals surface area contributed by atoms with Crippen molar-refractivity contribution >= 4 is 21.4 Å². The van der Waals surface area contributed by atoms with Gasteiger partial charge in [0.1, 0.15) is 4.90 Å². The summed E-state index contributed by atoms with van der Waals surface area (Å²) in [4.78, 5) is 3.42. The third-order valence-electron chi connectivity index (χ3n) is 3.61. The molecule has 1 aliphatic rings. The van der Waals surface area contributed by atoms with Gasteiger partial charge >= 0.3 is 0 Å². The van der Waals surface area contributed by atoms with Crippen molar-refractivity contribution in [1.82, 2.24) is 9.62 Å². The Bertz CT molecular complexity index is 534. The van der Waals surface area contributed by atoms with E-state index in [1.165, 1.54) is 30.6 Å². The van der Waals surface area contributed by atoms with Gasteiger partial charge in [-0.3, -0.25) is 0 Å². The fourth-order valence-corrected chi connectivity index (χ4v) is 5.30. The molecule has 0 unspecified atom stereocenters. The second-order valence-electron chi connectivity index (χ2n) is 5.18. The number of sulfonamides is 1. The molecule has 0 amide bonds. The van der Waals surface area contributed by atoms with Crippen LogP contribution in [0.2, 0.25) is 0 Å². The van der Waals surface area contributed by atoms with Crippen molar-refractivity contribution in [2.45, 2.75) is 37.6 Å². The molecule has 3 N–H and O–H groups in total. The molecule has 1 aromatic rings. The molecule has 1 aromatic heterocycles. The highest BCUT2D eigenvalue weighted by molar-refractivity contribution is 7.89. The zero-order chi connectivity index (χ0) is 14.6. The van der Waals surface area contributed by atoms with Gasteiger partial charge < -0.3 is 10.6 Å². The molecule has 1 fully saturated rings. The van der Waals surface area contributed by atoms with Gasteiger partial charge in [-0.15, -0.1) is 11.3 Å². The second kappa shape index (κ2) is 7.00. The summed E-state index contributed by atoms with van der Waals surface area (Å²) in [7, 11) is -3.44. The fraction of sp³-hybridized carbons (Fsp3) is 0.692. The molecule has 114 valence electrons. The maximum atomic E-state index is 12.4. The molecule has 0 aromatic carbocycles. The quantitative estimate of drug-likeness (QED) is 0.829. The smallest absolute Gasteiger partial charge is 0.242 e. The van der Waals surface area contributed by atoms with Crippen LogP contribution in [-0.2, 0) is 16.6 Å². The van der Waals surface area contributed by atoms with Gasteiger partial charge in [0.2, 0.25) is 10.0 Å². The van der Waals surface area contributed by atoms with Gasteiger partial charge in [-0.1, -0.05) is 6.42 Å². The maximum Gasteiger partial charge on any atom is 0.242 e. The Morgan fingerprint density at radius 3 is 2.70 bits per heavy atom. The number of nitrogens with one attached hydrogen (secondary N) is 1. The van der Waals surface area contributed by atoms with E-state index in [9.17, 15) is 8.42 Å². The summed E-state index contributed by atoms with van der Waals surface area (Å²) >= 11 is 1.41. The molecule has 2 rings (SSSR count). The second-order valence-corrected chi connectivity index (χ2v) is 7.84. The van der Waals surface area contributed by atoms with Crippen LogP contribution in [0, 0.1) is 6.92 Å². The van der Waals surface area contributed by atoms with Gasteiger partial charge in [0.25, 0.3) is 0 Å². The van der Waals surface area contributed by atoms with Gasteiger partial charge in [0, 0.05) is 24.5 Å². The Hall–Kier alpha value is -0.470. The van der Waals surface area contributed by atoms with E-state index in [0.29, 0.717) is 11.4 Å². The van der Waals surface area contributed by atoms with Gasteiger partial charge in [-0.25, -0.2) is 13.1 Å². The number of rotatable bonds is 6. The van der Waals surface area contributed by atoms with Crippen molar-refractivity contribution in [2.24, 2.45) is 5.73 Å². The van der Waals surface area contributed by atoms with Crippen LogP contribution in [0.15, 0.2) is 10.3 Å². The predicted molar refractivity (Wildman–Crippen MR) is 82.4 cm³/mol. The summed E-state index contributed by atoms with van der Waals surface area (Å²) in [5.74, 6) is 0. The Kier molecular flexibility index (Phi) is 5.57. The van der Waals surface area contributed by atoms with Crippen LogP contribution >= 0.6 is 11.3 Å². The highest BCUT2D eigenvalue weighted by atomic mass is 32.2. The van der Waals surface area contributed by atoms with Crippen molar-refractivity contribution in [3.63, 3.8) is 0 Å². The molecule has 0 spiro atoms. The summed E-state index contributed by atoms with van der Waals surface area (Å²) in [6.45, 7) is 5.47. The Balaban J connectivity index is 1.95. The molecule has 0 radical (unpaired) electrons. The molecule has 1 saturated heterocycles. The van der Waals surface area contributed by atoms with Crippen molar-refractivity contribution in [1.29, 1.82) is 0 Å². The molecule has 0 aliphatic carbocycles. The number of hydrogen-bond acceptors (Lipinski definition) is 5. The Morgan fingerprint density at radius 2 is 2.05 bits per heavy atom. The number of nitrogens with zero attached hydrogens (tertiary/aromatic N) is 1. The van der Waals surface area contributed by atoms with Gasteiger partial charge in [0.05, 0.1) is 0 Å². The molecule has 0 atom stereocenters. The standard InChI is InChI=1S/C13H23N3O2S2/c1-11-10-19-12(9-14)13(11)20(17,18)15-5-8-16-6-3-2-4-7-16/h10,15H,2-9,14H2,1H3. The molecule has 1 aliphatic heterocycles. The molecular formula is C13H23N3O2S2. The molecule has 0 bridgehead atoms. The van der Waals surface area contributed by atoms with E-state index in [4.69, 9.17) is 5.73 Å². The van der Waals surface area contributed by atoms with E-state index in [1.807, 2.05) is 12.3 Å². The SMILES string of the molecule is Cc1csc(CN)c1S(=O)(=O)NCCN1CCCCC1. The van der Waals surface area contributed by atoms with E-state index in [2.05, 4.69) is 9.62 Å². The molecule has 5 nitrogen and oxygen atoms in total.